The largest absolute Gasteiger partial charge is 0.324 e. The van der Waals surface area contributed by atoms with Crippen LogP contribution in [0.5, 0.6) is 0 Å². The zero-order valence-corrected chi connectivity index (χ0v) is 9.33. The van der Waals surface area contributed by atoms with Gasteiger partial charge in [-0.15, -0.1) is 0 Å². The molecule has 0 N–H and O–H groups in total. The highest BCUT2D eigenvalue weighted by molar-refractivity contribution is 5.75. The Labute approximate surface area is 90.3 Å². The van der Waals surface area contributed by atoms with Crippen LogP contribution in [-0.2, 0) is 6.54 Å². The second kappa shape index (κ2) is 3.89. The van der Waals surface area contributed by atoms with Crippen molar-refractivity contribution in [3.63, 3.8) is 0 Å². The van der Waals surface area contributed by atoms with E-state index in [4.69, 9.17) is 0 Å². The van der Waals surface area contributed by atoms with Crippen molar-refractivity contribution >= 4 is 11.0 Å². The molecule has 0 radical (unpaired) electrons. The summed E-state index contributed by atoms with van der Waals surface area (Å²) in [5, 5.41) is 0. The number of imidazole rings is 1. The van der Waals surface area contributed by atoms with Crippen LogP contribution in [-0.4, -0.2) is 9.55 Å². The highest BCUT2D eigenvalue weighted by atomic mass is 15.1. The Kier molecular flexibility index (Phi) is 2.58. The SMILES string of the molecule is C=C(CC)Cn1c(C)nc2ccccc21. The van der Waals surface area contributed by atoms with Crippen molar-refractivity contribution in [1.29, 1.82) is 0 Å². The van der Waals surface area contributed by atoms with E-state index in [1.165, 1.54) is 11.1 Å². The zero-order valence-electron chi connectivity index (χ0n) is 9.33. The molecule has 0 bridgehead atoms. The van der Waals surface area contributed by atoms with Crippen LogP contribution in [0.1, 0.15) is 19.2 Å². The number of allylic oxidation sites excluding steroid dienone is 1. The number of aryl methyl sites for hydroxylation is 1. The lowest BCUT2D eigenvalue weighted by Crippen LogP contribution is -2.01. The Morgan fingerprint density at radius 2 is 2.13 bits per heavy atom. The molecule has 0 spiro atoms. The maximum atomic E-state index is 4.52. The zero-order chi connectivity index (χ0) is 10.8. The quantitative estimate of drug-likeness (QED) is 0.695. The summed E-state index contributed by atoms with van der Waals surface area (Å²) in [4.78, 5) is 4.52. The molecular formula is C13H16N2. The van der Waals surface area contributed by atoms with E-state index in [2.05, 4.69) is 35.2 Å². The van der Waals surface area contributed by atoms with Gasteiger partial charge in [-0.1, -0.05) is 31.2 Å². The first-order valence-corrected chi connectivity index (χ1v) is 5.31. The van der Waals surface area contributed by atoms with Crippen molar-refractivity contribution in [3.8, 4) is 0 Å². The fraction of sp³-hybridized carbons (Fsp3) is 0.308. The molecule has 0 aliphatic heterocycles. The Balaban J connectivity index is 2.49. The molecule has 2 heteroatoms. The second-order valence-corrected chi connectivity index (χ2v) is 3.84. The Hall–Kier alpha value is -1.57. The molecule has 0 atom stereocenters. The molecule has 0 saturated heterocycles. The minimum atomic E-state index is 0.878. The van der Waals surface area contributed by atoms with Crippen LogP contribution in [0.4, 0.5) is 0 Å². The minimum absolute atomic E-state index is 0.878. The van der Waals surface area contributed by atoms with Crippen molar-refractivity contribution in [2.24, 2.45) is 0 Å². The Morgan fingerprint density at radius 1 is 1.40 bits per heavy atom. The van der Waals surface area contributed by atoms with E-state index in [9.17, 15) is 0 Å². The van der Waals surface area contributed by atoms with Crippen LogP contribution < -0.4 is 0 Å². The van der Waals surface area contributed by atoms with E-state index in [-0.39, 0.29) is 0 Å². The molecule has 78 valence electrons. The summed E-state index contributed by atoms with van der Waals surface area (Å²) < 4.78 is 2.22. The standard InChI is InChI=1S/C13H16N2/c1-4-10(2)9-15-11(3)14-12-7-5-6-8-13(12)15/h5-8H,2,4,9H2,1,3H3. The second-order valence-electron chi connectivity index (χ2n) is 3.84. The monoisotopic (exact) mass is 200 g/mol. The molecule has 2 rings (SSSR count). The first-order chi connectivity index (χ1) is 7.22. The third-order valence-corrected chi connectivity index (χ3v) is 2.73. The molecule has 0 saturated carbocycles. The summed E-state index contributed by atoms with van der Waals surface area (Å²) in [7, 11) is 0. The molecule has 1 heterocycles. The summed E-state index contributed by atoms with van der Waals surface area (Å²) in [5.74, 6) is 1.06. The first-order valence-electron chi connectivity index (χ1n) is 5.31. The van der Waals surface area contributed by atoms with Crippen LogP contribution in [0.15, 0.2) is 36.4 Å². The summed E-state index contributed by atoms with van der Waals surface area (Å²) in [6, 6.07) is 8.23. The third-order valence-electron chi connectivity index (χ3n) is 2.73. The molecule has 1 aromatic carbocycles. The van der Waals surface area contributed by atoms with Gasteiger partial charge in [-0.3, -0.25) is 0 Å². The number of nitrogens with zero attached hydrogens (tertiary/aromatic N) is 2. The van der Waals surface area contributed by atoms with Crippen molar-refractivity contribution < 1.29 is 0 Å². The molecule has 2 aromatic rings. The molecule has 2 nitrogen and oxygen atoms in total. The summed E-state index contributed by atoms with van der Waals surface area (Å²) in [6.45, 7) is 9.11. The van der Waals surface area contributed by atoms with E-state index < -0.39 is 0 Å². The average molecular weight is 200 g/mol. The van der Waals surface area contributed by atoms with Gasteiger partial charge in [0.2, 0.25) is 0 Å². The van der Waals surface area contributed by atoms with Gasteiger partial charge in [0, 0.05) is 6.54 Å². The van der Waals surface area contributed by atoms with Gasteiger partial charge in [-0.05, 0) is 25.5 Å². The lowest BCUT2D eigenvalue weighted by atomic mass is 10.2. The molecule has 0 fully saturated rings. The predicted octanol–water partition coefficient (Wildman–Crippen LogP) is 3.31. The lowest BCUT2D eigenvalue weighted by Gasteiger charge is -2.07. The molecule has 0 aliphatic carbocycles. The number of aromatic nitrogens is 2. The number of benzene rings is 1. The van der Waals surface area contributed by atoms with E-state index in [0.717, 1.165) is 24.3 Å². The normalized spacial score (nSPS) is 10.8. The maximum Gasteiger partial charge on any atom is 0.107 e. The van der Waals surface area contributed by atoms with Crippen LogP contribution in [0.25, 0.3) is 11.0 Å². The van der Waals surface area contributed by atoms with Crippen molar-refractivity contribution in [2.75, 3.05) is 0 Å². The van der Waals surface area contributed by atoms with Gasteiger partial charge in [0.25, 0.3) is 0 Å². The molecule has 0 aliphatic rings. The van der Waals surface area contributed by atoms with Gasteiger partial charge in [0.05, 0.1) is 11.0 Å². The van der Waals surface area contributed by atoms with E-state index in [0.29, 0.717) is 0 Å². The fourth-order valence-corrected chi connectivity index (χ4v) is 1.73. The first kappa shape index (κ1) is 9.97. The maximum absolute atomic E-state index is 4.52. The average Bonchev–Trinajstić information content (AvgIpc) is 2.55. The highest BCUT2D eigenvalue weighted by Gasteiger charge is 2.06. The number of hydrogen-bond acceptors (Lipinski definition) is 1. The van der Waals surface area contributed by atoms with Crippen LogP contribution >= 0.6 is 0 Å². The fourth-order valence-electron chi connectivity index (χ4n) is 1.73. The van der Waals surface area contributed by atoms with Gasteiger partial charge in [-0.2, -0.15) is 0 Å². The molecular weight excluding hydrogens is 184 g/mol. The van der Waals surface area contributed by atoms with Gasteiger partial charge in [-0.25, -0.2) is 4.98 Å². The van der Waals surface area contributed by atoms with Crippen molar-refractivity contribution in [3.05, 3.63) is 42.2 Å². The van der Waals surface area contributed by atoms with Gasteiger partial charge in [0.1, 0.15) is 5.82 Å². The predicted molar refractivity (Wildman–Crippen MR) is 63.9 cm³/mol. The molecule has 0 unspecified atom stereocenters. The molecule has 15 heavy (non-hydrogen) atoms. The van der Waals surface area contributed by atoms with Gasteiger partial charge >= 0.3 is 0 Å². The van der Waals surface area contributed by atoms with Crippen LogP contribution in [0, 0.1) is 6.92 Å². The number of rotatable bonds is 3. The minimum Gasteiger partial charge on any atom is -0.324 e. The summed E-state index contributed by atoms with van der Waals surface area (Å²) in [6.07, 6.45) is 1.02. The summed E-state index contributed by atoms with van der Waals surface area (Å²) in [5.41, 5.74) is 3.50. The van der Waals surface area contributed by atoms with E-state index in [1.54, 1.807) is 0 Å². The van der Waals surface area contributed by atoms with Gasteiger partial charge < -0.3 is 4.57 Å². The van der Waals surface area contributed by atoms with Gasteiger partial charge in [0.15, 0.2) is 0 Å². The molecule has 0 amide bonds. The van der Waals surface area contributed by atoms with Crippen LogP contribution in [0.3, 0.4) is 0 Å². The lowest BCUT2D eigenvalue weighted by molar-refractivity contribution is 0.752. The van der Waals surface area contributed by atoms with E-state index in [1.807, 2.05) is 19.1 Å². The third kappa shape index (κ3) is 1.80. The number of para-hydroxylation sites is 2. The van der Waals surface area contributed by atoms with Crippen LogP contribution in [0.2, 0.25) is 0 Å². The highest BCUT2D eigenvalue weighted by Crippen LogP contribution is 2.17. The topological polar surface area (TPSA) is 17.8 Å². The molecule has 1 aromatic heterocycles. The number of fused-ring (bicyclic) bond motifs is 1. The Bertz CT molecular complexity index is 494. The van der Waals surface area contributed by atoms with Crippen molar-refractivity contribution in [1.82, 2.24) is 9.55 Å². The smallest absolute Gasteiger partial charge is 0.107 e. The Morgan fingerprint density at radius 3 is 2.87 bits per heavy atom. The van der Waals surface area contributed by atoms with E-state index >= 15 is 0 Å². The number of hydrogen-bond donors (Lipinski definition) is 0. The summed E-state index contributed by atoms with van der Waals surface area (Å²) >= 11 is 0. The van der Waals surface area contributed by atoms with Crippen molar-refractivity contribution in [2.45, 2.75) is 26.8 Å².